The summed E-state index contributed by atoms with van der Waals surface area (Å²) in [5.74, 6) is -0.540. The van der Waals surface area contributed by atoms with Gasteiger partial charge in [0.25, 0.3) is 5.91 Å². The van der Waals surface area contributed by atoms with E-state index in [0.29, 0.717) is 10.6 Å². The van der Waals surface area contributed by atoms with Crippen LogP contribution in [0, 0.1) is 0 Å². The van der Waals surface area contributed by atoms with Crippen LogP contribution in [0.3, 0.4) is 0 Å². The van der Waals surface area contributed by atoms with Gasteiger partial charge in [-0.25, -0.2) is 13.2 Å². The number of thiophene rings is 1. The first-order valence-corrected chi connectivity index (χ1v) is 12.2. The molecular formula is C22H24N2O7S2. The van der Waals surface area contributed by atoms with E-state index in [1.165, 1.54) is 58.8 Å². The van der Waals surface area contributed by atoms with Crippen LogP contribution in [-0.4, -0.2) is 54.4 Å². The molecule has 0 saturated carbocycles. The summed E-state index contributed by atoms with van der Waals surface area (Å²) in [6.45, 7) is 1.52. The van der Waals surface area contributed by atoms with E-state index in [1.54, 1.807) is 24.3 Å². The van der Waals surface area contributed by atoms with Crippen molar-refractivity contribution in [1.29, 1.82) is 0 Å². The van der Waals surface area contributed by atoms with Crippen molar-refractivity contribution in [1.82, 2.24) is 0 Å². The van der Waals surface area contributed by atoms with Gasteiger partial charge in [0.15, 0.2) is 11.5 Å². The molecule has 1 N–H and O–H groups in total. The molecule has 3 rings (SSSR count). The van der Waals surface area contributed by atoms with Gasteiger partial charge in [-0.05, 0) is 42.6 Å². The van der Waals surface area contributed by atoms with Crippen LogP contribution < -0.4 is 19.1 Å². The van der Waals surface area contributed by atoms with Crippen molar-refractivity contribution < 1.29 is 32.2 Å². The lowest BCUT2D eigenvalue weighted by Gasteiger charge is -2.23. The number of carbonyl (C=O) groups excluding carboxylic acids is 2. The molecule has 3 aromatic rings. The number of hydrogen-bond donors (Lipinski definition) is 1. The minimum atomic E-state index is -3.65. The molecule has 0 bridgehead atoms. The highest BCUT2D eigenvalue weighted by Crippen LogP contribution is 2.36. The summed E-state index contributed by atoms with van der Waals surface area (Å²) < 4.78 is 42.3. The van der Waals surface area contributed by atoms with E-state index < -0.39 is 21.9 Å². The Bertz CT molecular complexity index is 1320. The topological polar surface area (TPSA) is 111 Å². The Morgan fingerprint density at radius 1 is 1.03 bits per heavy atom. The van der Waals surface area contributed by atoms with E-state index in [-0.39, 0.29) is 28.5 Å². The van der Waals surface area contributed by atoms with Gasteiger partial charge in [0.1, 0.15) is 4.88 Å². The molecule has 2 aromatic carbocycles. The zero-order valence-electron chi connectivity index (χ0n) is 18.8. The van der Waals surface area contributed by atoms with Gasteiger partial charge in [0.05, 0.1) is 38.3 Å². The maximum absolute atomic E-state index is 13.2. The number of anilines is 2. The normalized spacial score (nSPS) is 11.2. The van der Waals surface area contributed by atoms with Crippen LogP contribution >= 0.6 is 11.3 Å². The molecule has 0 unspecified atom stereocenters. The number of ether oxygens (including phenoxy) is 3. The Balaban J connectivity index is 2.02. The molecule has 11 heteroatoms. The number of nitrogens with one attached hydrogen (secondary N) is 1. The molecule has 1 heterocycles. The monoisotopic (exact) mass is 492 g/mol. The van der Waals surface area contributed by atoms with E-state index >= 15 is 0 Å². The van der Waals surface area contributed by atoms with E-state index in [9.17, 15) is 18.0 Å². The molecule has 0 saturated heterocycles. The number of sulfonamides is 1. The highest BCUT2D eigenvalue weighted by Gasteiger charge is 2.25. The van der Waals surface area contributed by atoms with Gasteiger partial charge < -0.3 is 19.5 Å². The number of amides is 1. The van der Waals surface area contributed by atoms with Gasteiger partial charge in [0, 0.05) is 23.5 Å². The van der Waals surface area contributed by atoms with Crippen LogP contribution in [0.15, 0.2) is 36.4 Å². The zero-order chi connectivity index (χ0) is 24.3. The second-order valence-electron chi connectivity index (χ2n) is 6.90. The van der Waals surface area contributed by atoms with Crippen LogP contribution in [0.5, 0.6) is 11.5 Å². The molecule has 0 fully saturated rings. The second-order valence-corrected chi connectivity index (χ2v) is 10.3. The van der Waals surface area contributed by atoms with E-state index in [2.05, 4.69) is 5.32 Å². The molecule has 0 radical (unpaired) electrons. The summed E-state index contributed by atoms with van der Waals surface area (Å²) in [6.07, 6.45) is 0. The molecule has 1 aromatic heterocycles. The number of esters is 1. The Labute approximate surface area is 195 Å². The fourth-order valence-electron chi connectivity index (χ4n) is 3.17. The fourth-order valence-corrected chi connectivity index (χ4v) is 4.97. The third kappa shape index (κ3) is 4.88. The van der Waals surface area contributed by atoms with Crippen molar-refractivity contribution in [3.8, 4) is 11.5 Å². The van der Waals surface area contributed by atoms with Crippen LogP contribution in [0.1, 0.15) is 27.0 Å². The van der Waals surface area contributed by atoms with E-state index in [1.807, 2.05) is 0 Å². The summed E-state index contributed by atoms with van der Waals surface area (Å²) in [6, 6.07) is 9.78. The highest BCUT2D eigenvalue weighted by atomic mass is 32.2. The smallest absolute Gasteiger partial charge is 0.348 e. The van der Waals surface area contributed by atoms with Crippen molar-refractivity contribution in [3.63, 3.8) is 0 Å². The average Bonchev–Trinajstić information content (AvgIpc) is 3.25. The lowest BCUT2D eigenvalue weighted by Crippen LogP contribution is -2.30. The lowest BCUT2D eigenvalue weighted by molar-refractivity contribution is 0.0606. The van der Waals surface area contributed by atoms with Gasteiger partial charge in [-0.1, -0.05) is 0 Å². The minimum absolute atomic E-state index is 0.0906. The summed E-state index contributed by atoms with van der Waals surface area (Å²) in [5, 5.41) is 3.55. The molecular weight excluding hydrogens is 468 g/mol. The Morgan fingerprint density at radius 2 is 1.70 bits per heavy atom. The third-order valence-electron chi connectivity index (χ3n) is 5.03. The van der Waals surface area contributed by atoms with Gasteiger partial charge in [-0.3, -0.25) is 9.10 Å². The number of carbonyl (C=O) groups is 2. The number of fused-ring (bicyclic) bond motifs is 1. The molecule has 0 aliphatic heterocycles. The summed E-state index contributed by atoms with van der Waals surface area (Å²) in [7, 11) is 1.90. The zero-order valence-corrected chi connectivity index (χ0v) is 20.4. The molecule has 0 spiro atoms. The maximum atomic E-state index is 13.2. The van der Waals surface area contributed by atoms with Crippen molar-refractivity contribution in [3.05, 3.63) is 46.8 Å². The van der Waals surface area contributed by atoms with Gasteiger partial charge in [-0.15, -0.1) is 11.3 Å². The number of hydrogen-bond acceptors (Lipinski definition) is 8. The summed E-state index contributed by atoms with van der Waals surface area (Å²) in [4.78, 5) is 25.5. The van der Waals surface area contributed by atoms with Crippen molar-refractivity contribution >= 4 is 54.7 Å². The lowest BCUT2D eigenvalue weighted by atomic mass is 10.1. The largest absolute Gasteiger partial charge is 0.493 e. The van der Waals surface area contributed by atoms with Crippen molar-refractivity contribution in [2.45, 2.75) is 6.92 Å². The van der Waals surface area contributed by atoms with E-state index in [0.717, 1.165) is 14.4 Å². The molecule has 0 atom stereocenters. The second kappa shape index (κ2) is 9.67. The van der Waals surface area contributed by atoms with Gasteiger partial charge >= 0.3 is 5.97 Å². The number of nitrogens with zero attached hydrogens (tertiary/aromatic N) is 1. The maximum Gasteiger partial charge on any atom is 0.348 e. The van der Waals surface area contributed by atoms with Crippen LogP contribution in [0.25, 0.3) is 10.1 Å². The standard InChI is InChI=1S/C22H24N2O7S2/c1-6-33(27,28)24(2)16-12-18(30-4)17(29-3)11-15(16)21(25)23-14-7-8-19-13(9-14)10-20(32-19)22(26)31-5/h7-12H,6H2,1-5H3,(H,23,25). The first-order chi connectivity index (χ1) is 15.6. The van der Waals surface area contributed by atoms with E-state index in [4.69, 9.17) is 14.2 Å². The Kier molecular flexibility index (Phi) is 7.13. The molecule has 33 heavy (non-hydrogen) atoms. The van der Waals surface area contributed by atoms with Crippen LogP contribution in [0.4, 0.5) is 11.4 Å². The first-order valence-electron chi connectivity index (χ1n) is 9.81. The highest BCUT2D eigenvalue weighted by molar-refractivity contribution is 7.92. The van der Waals surface area contributed by atoms with Crippen LogP contribution in [0.2, 0.25) is 0 Å². The third-order valence-corrected chi connectivity index (χ3v) is 7.89. The summed E-state index contributed by atoms with van der Waals surface area (Å²) >= 11 is 1.28. The Morgan fingerprint density at radius 3 is 2.30 bits per heavy atom. The minimum Gasteiger partial charge on any atom is -0.493 e. The van der Waals surface area contributed by atoms with Gasteiger partial charge in [-0.2, -0.15) is 0 Å². The number of rotatable bonds is 8. The number of methoxy groups -OCH3 is 3. The SMILES string of the molecule is CCS(=O)(=O)N(C)c1cc(OC)c(OC)cc1C(=O)Nc1ccc2sc(C(=O)OC)cc2c1. The summed E-state index contributed by atoms with van der Waals surface area (Å²) in [5.41, 5.74) is 0.716. The molecule has 1 amide bonds. The first kappa shape index (κ1) is 24.3. The van der Waals surface area contributed by atoms with Gasteiger partial charge in [0.2, 0.25) is 10.0 Å². The molecule has 9 nitrogen and oxygen atoms in total. The predicted octanol–water partition coefficient (Wildman–Crippen LogP) is 3.74. The molecule has 0 aliphatic carbocycles. The predicted molar refractivity (Wildman–Crippen MR) is 129 cm³/mol. The van der Waals surface area contributed by atoms with Crippen molar-refractivity contribution in [2.75, 3.05) is 43.8 Å². The molecule has 176 valence electrons. The fraction of sp³-hybridized carbons (Fsp3) is 0.273. The van der Waals surface area contributed by atoms with Crippen molar-refractivity contribution in [2.24, 2.45) is 0 Å². The quantitative estimate of drug-likeness (QED) is 0.477. The average molecular weight is 493 g/mol. The number of benzene rings is 2. The van der Waals surface area contributed by atoms with Crippen LogP contribution in [-0.2, 0) is 14.8 Å². The molecule has 0 aliphatic rings. The Hall–Kier alpha value is -3.31.